The van der Waals surface area contributed by atoms with Gasteiger partial charge in [0.1, 0.15) is 0 Å². The van der Waals surface area contributed by atoms with Gasteiger partial charge in [0.15, 0.2) is 11.5 Å². The number of hydrogen-bond acceptors (Lipinski definition) is 4. The number of phenols is 2. The predicted molar refractivity (Wildman–Crippen MR) is 69.9 cm³/mol. The average molecular weight is 258 g/mol. The molecular weight excluding hydrogens is 244 g/mol. The minimum Gasteiger partial charge on any atom is -0.504 e. The number of carbonyl (C=O) groups is 1. The van der Waals surface area contributed by atoms with Gasteiger partial charge in [-0.3, -0.25) is 9.78 Å². The fourth-order valence-electron chi connectivity index (χ4n) is 1.68. The number of carbonyl (C=O) groups excluding carboxylic acids is 1. The van der Waals surface area contributed by atoms with Gasteiger partial charge in [0, 0.05) is 5.69 Å². The van der Waals surface area contributed by atoms with Crippen molar-refractivity contribution in [2.45, 2.75) is 13.5 Å². The third-order valence-corrected chi connectivity index (χ3v) is 2.64. The van der Waals surface area contributed by atoms with Crippen molar-refractivity contribution in [2.75, 3.05) is 0 Å². The fourth-order valence-corrected chi connectivity index (χ4v) is 1.68. The Morgan fingerprint density at radius 3 is 2.68 bits per heavy atom. The number of pyridine rings is 1. The number of phenolic OH excluding ortho intramolecular Hbond substituents is 2. The summed E-state index contributed by atoms with van der Waals surface area (Å²) in [5.74, 6) is -1.20. The number of benzene rings is 1. The Labute approximate surface area is 110 Å². The van der Waals surface area contributed by atoms with E-state index in [-0.39, 0.29) is 17.9 Å². The molecule has 5 heteroatoms. The number of para-hydroxylation sites is 1. The van der Waals surface area contributed by atoms with Gasteiger partial charge in [0.05, 0.1) is 17.8 Å². The molecule has 0 fully saturated rings. The number of aromatic nitrogens is 1. The molecule has 5 nitrogen and oxygen atoms in total. The molecule has 98 valence electrons. The van der Waals surface area contributed by atoms with Crippen molar-refractivity contribution in [3.63, 3.8) is 0 Å². The van der Waals surface area contributed by atoms with Crippen LogP contribution in [0.3, 0.4) is 0 Å². The van der Waals surface area contributed by atoms with Crippen molar-refractivity contribution in [1.29, 1.82) is 0 Å². The van der Waals surface area contributed by atoms with Crippen molar-refractivity contribution in [3.8, 4) is 11.5 Å². The van der Waals surface area contributed by atoms with Gasteiger partial charge in [-0.05, 0) is 31.2 Å². The lowest BCUT2D eigenvalue weighted by Gasteiger charge is -2.07. The van der Waals surface area contributed by atoms with Gasteiger partial charge in [-0.1, -0.05) is 12.1 Å². The van der Waals surface area contributed by atoms with Gasteiger partial charge in [-0.25, -0.2) is 0 Å². The number of rotatable bonds is 3. The van der Waals surface area contributed by atoms with E-state index in [9.17, 15) is 15.0 Å². The third kappa shape index (κ3) is 3.01. The molecule has 1 amide bonds. The highest BCUT2D eigenvalue weighted by Gasteiger charge is 2.13. The summed E-state index contributed by atoms with van der Waals surface area (Å²) in [5, 5.41) is 21.5. The lowest BCUT2D eigenvalue weighted by atomic mass is 10.1. The summed E-state index contributed by atoms with van der Waals surface area (Å²) < 4.78 is 0. The largest absolute Gasteiger partial charge is 0.504 e. The molecule has 0 saturated heterocycles. The molecule has 2 rings (SSSR count). The van der Waals surface area contributed by atoms with Crippen LogP contribution in [0, 0.1) is 6.92 Å². The van der Waals surface area contributed by atoms with Gasteiger partial charge in [0.25, 0.3) is 5.91 Å². The molecule has 1 heterocycles. The first-order chi connectivity index (χ1) is 9.08. The normalized spacial score (nSPS) is 10.2. The molecule has 0 saturated carbocycles. The number of amides is 1. The lowest BCUT2D eigenvalue weighted by Crippen LogP contribution is -2.23. The second-order valence-electron chi connectivity index (χ2n) is 4.13. The van der Waals surface area contributed by atoms with Crippen LogP contribution in [0.25, 0.3) is 0 Å². The highest BCUT2D eigenvalue weighted by atomic mass is 16.3. The molecule has 0 aliphatic rings. The quantitative estimate of drug-likeness (QED) is 0.732. The number of hydrogen-bond donors (Lipinski definition) is 3. The molecule has 2 aromatic rings. The van der Waals surface area contributed by atoms with E-state index in [1.807, 2.05) is 19.1 Å². The van der Waals surface area contributed by atoms with Gasteiger partial charge < -0.3 is 15.5 Å². The number of nitrogens with one attached hydrogen (secondary N) is 1. The van der Waals surface area contributed by atoms with Crippen molar-refractivity contribution in [1.82, 2.24) is 10.3 Å². The van der Waals surface area contributed by atoms with E-state index in [2.05, 4.69) is 10.3 Å². The molecule has 0 aliphatic carbocycles. The van der Waals surface area contributed by atoms with E-state index in [4.69, 9.17) is 0 Å². The van der Waals surface area contributed by atoms with Crippen LogP contribution in [0.4, 0.5) is 0 Å². The van der Waals surface area contributed by atoms with Gasteiger partial charge in [-0.2, -0.15) is 0 Å². The van der Waals surface area contributed by atoms with Crippen molar-refractivity contribution < 1.29 is 15.0 Å². The lowest BCUT2D eigenvalue weighted by molar-refractivity contribution is 0.0947. The number of aryl methyl sites for hydroxylation is 1. The average Bonchev–Trinajstić information content (AvgIpc) is 2.39. The summed E-state index contributed by atoms with van der Waals surface area (Å²) in [7, 11) is 0. The Hall–Kier alpha value is -2.56. The molecular formula is C14H14N2O3. The van der Waals surface area contributed by atoms with E-state index >= 15 is 0 Å². The minimum atomic E-state index is -0.461. The SMILES string of the molecule is Cc1cccc(CNC(=O)c2cccc(O)c2O)n1. The summed E-state index contributed by atoms with van der Waals surface area (Å²) in [5.41, 5.74) is 1.63. The molecule has 0 unspecified atom stereocenters. The van der Waals surface area contributed by atoms with E-state index in [0.717, 1.165) is 11.4 Å². The Kier molecular flexibility index (Phi) is 3.66. The second-order valence-corrected chi connectivity index (χ2v) is 4.13. The zero-order valence-electron chi connectivity index (χ0n) is 10.4. The monoisotopic (exact) mass is 258 g/mol. The van der Waals surface area contributed by atoms with Crippen LogP contribution in [0.15, 0.2) is 36.4 Å². The van der Waals surface area contributed by atoms with Crippen LogP contribution < -0.4 is 5.32 Å². The zero-order chi connectivity index (χ0) is 13.8. The molecule has 0 bridgehead atoms. The smallest absolute Gasteiger partial charge is 0.255 e. The fraction of sp³-hybridized carbons (Fsp3) is 0.143. The van der Waals surface area contributed by atoms with E-state index < -0.39 is 11.7 Å². The summed E-state index contributed by atoms with van der Waals surface area (Å²) in [6.07, 6.45) is 0. The maximum atomic E-state index is 11.9. The molecule has 3 N–H and O–H groups in total. The summed E-state index contributed by atoms with van der Waals surface area (Å²) in [4.78, 5) is 16.1. The standard InChI is InChI=1S/C14H14N2O3/c1-9-4-2-5-10(16-9)8-15-14(19)11-6-3-7-12(17)13(11)18/h2-7,17-18H,8H2,1H3,(H,15,19). The first-order valence-corrected chi connectivity index (χ1v) is 5.79. The van der Waals surface area contributed by atoms with Crippen LogP contribution in [-0.4, -0.2) is 21.1 Å². The van der Waals surface area contributed by atoms with Crippen LogP contribution >= 0.6 is 0 Å². The topological polar surface area (TPSA) is 82.5 Å². The van der Waals surface area contributed by atoms with E-state index in [0.29, 0.717) is 0 Å². The number of aromatic hydroxyl groups is 2. The van der Waals surface area contributed by atoms with Gasteiger partial charge >= 0.3 is 0 Å². The van der Waals surface area contributed by atoms with Crippen molar-refractivity contribution in [2.24, 2.45) is 0 Å². The van der Waals surface area contributed by atoms with E-state index in [1.165, 1.54) is 18.2 Å². The number of nitrogens with zero attached hydrogens (tertiary/aromatic N) is 1. The summed E-state index contributed by atoms with van der Waals surface area (Å²) in [6, 6.07) is 9.77. The second kappa shape index (κ2) is 5.39. The molecule has 0 aliphatic heterocycles. The molecule has 0 spiro atoms. The van der Waals surface area contributed by atoms with Crippen LogP contribution in [-0.2, 0) is 6.54 Å². The molecule has 1 aromatic heterocycles. The van der Waals surface area contributed by atoms with Crippen LogP contribution in [0.5, 0.6) is 11.5 Å². The molecule has 1 aromatic carbocycles. The Morgan fingerprint density at radius 2 is 1.95 bits per heavy atom. The Bertz CT molecular complexity index is 611. The van der Waals surface area contributed by atoms with Crippen LogP contribution in [0.1, 0.15) is 21.7 Å². The Morgan fingerprint density at radius 1 is 1.21 bits per heavy atom. The summed E-state index contributed by atoms with van der Waals surface area (Å²) in [6.45, 7) is 2.13. The minimum absolute atomic E-state index is 0.0349. The highest BCUT2D eigenvalue weighted by molar-refractivity contribution is 5.97. The van der Waals surface area contributed by atoms with Crippen molar-refractivity contribution >= 4 is 5.91 Å². The van der Waals surface area contributed by atoms with Crippen molar-refractivity contribution in [3.05, 3.63) is 53.3 Å². The maximum Gasteiger partial charge on any atom is 0.255 e. The Balaban J connectivity index is 2.08. The zero-order valence-corrected chi connectivity index (χ0v) is 10.4. The first kappa shape index (κ1) is 12.9. The molecule has 19 heavy (non-hydrogen) atoms. The summed E-state index contributed by atoms with van der Waals surface area (Å²) >= 11 is 0. The first-order valence-electron chi connectivity index (χ1n) is 5.79. The third-order valence-electron chi connectivity index (χ3n) is 2.64. The molecule has 0 radical (unpaired) electrons. The van der Waals surface area contributed by atoms with Crippen LogP contribution in [0.2, 0.25) is 0 Å². The molecule has 0 atom stereocenters. The highest BCUT2D eigenvalue weighted by Crippen LogP contribution is 2.27. The van der Waals surface area contributed by atoms with Gasteiger partial charge in [0.2, 0.25) is 0 Å². The maximum absolute atomic E-state index is 11.9. The predicted octanol–water partition coefficient (Wildman–Crippen LogP) is 1.73. The van der Waals surface area contributed by atoms with E-state index in [1.54, 1.807) is 6.07 Å². The van der Waals surface area contributed by atoms with Gasteiger partial charge in [-0.15, -0.1) is 0 Å².